The summed E-state index contributed by atoms with van der Waals surface area (Å²) in [5.41, 5.74) is 3.62. The molecule has 0 aromatic heterocycles. The van der Waals surface area contributed by atoms with Gasteiger partial charge in [-0.2, -0.15) is 0 Å². The Morgan fingerprint density at radius 2 is 2.06 bits per heavy atom. The van der Waals surface area contributed by atoms with E-state index in [0.29, 0.717) is 11.2 Å². The first-order chi connectivity index (χ1) is 8.04. The normalized spacial score (nSPS) is 12.0. The minimum absolute atomic E-state index is 0.421. The van der Waals surface area contributed by atoms with Crippen LogP contribution in [0.2, 0.25) is 0 Å². The number of hydrogen-bond acceptors (Lipinski definition) is 1. The van der Waals surface area contributed by atoms with Gasteiger partial charge in [0.2, 0.25) is 0 Å². The van der Waals surface area contributed by atoms with Gasteiger partial charge in [0.05, 0.1) is 0 Å². The van der Waals surface area contributed by atoms with Crippen LogP contribution in [-0.2, 0) is 0 Å². The van der Waals surface area contributed by atoms with Gasteiger partial charge in [-0.3, -0.25) is 0 Å². The zero-order valence-corrected chi connectivity index (χ0v) is 11.9. The van der Waals surface area contributed by atoms with Crippen molar-refractivity contribution in [1.82, 2.24) is 5.32 Å². The topological polar surface area (TPSA) is 24.1 Å². The van der Waals surface area contributed by atoms with Crippen molar-refractivity contribution in [2.75, 3.05) is 5.32 Å². The van der Waals surface area contributed by atoms with Gasteiger partial charge in [-0.15, -0.1) is 0 Å². The minimum atomic E-state index is 0.421. The molecule has 0 radical (unpaired) electrons. The van der Waals surface area contributed by atoms with E-state index >= 15 is 0 Å². The second kappa shape index (κ2) is 6.60. The summed E-state index contributed by atoms with van der Waals surface area (Å²) in [6.07, 6.45) is 2.30. The van der Waals surface area contributed by atoms with Gasteiger partial charge in [0, 0.05) is 11.7 Å². The maximum absolute atomic E-state index is 5.31. The Morgan fingerprint density at radius 1 is 1.35 bits per heavy atom. The Morgan fingerprint density at radius 3 is 2.71 bits per heavy atom. The molecule has 0 heterocycles. The van der Waals surface area contributed by atoms with E-state index in [2.05, 4.69) is 50.5 Å². The monoisotopic (exact) mass is 250 g/mol. The van der Waals surface area contributed by atoms with Crippen LogP contribution in [0.15, 0.2) is 18.2 Å². The molecule has 3 heteroatoms. The summed E-state index contributed by atoms with van der Waals surface area (Å²) in [5, 5.41) is 7.26. The van der Waals surface area contributed by atoms with Gasteiger partial charge in [-0.1, -0.05) is 25.5 Å². The summed E-state index contributed by atoms with van der Waals surface area (Å²) < 4.78 is 0. The highest BCUT2D eigenvalue weighted by molar-refractivity contribution is 7.80. The van der Waals surface area contributed by atoms with Gasteiger partial charge in [0.15, 0.2) is 5.11 Å². The van der Waals surface area contributed by atoms with Crippen molar-refractivity contribution in [2.24, 2.45) is 0 Å². The zero-order valence-electron chi connectivity index (χ0n) is 11.1. The first-order valence-electron chi connectivity index (χ1n) is 6.18. The van der Waals surface area contributed by atoms with E-state index in [9.17, 15) is 0 Å². The van der Waals surface area contributed by atoms with Crippen LogP contribution in [0.3, 0.4) is 0 Å². The minimum Gasteiger partial charge on any atom is -0.360 e. The summed E-state index contributed by atoms with van der Waals surface area (Å²) in [7, 11) is 0. The SMILES string of the molecule is CCCC(C)NC(=S)Nc1cccc(C)c1C. The van der Waals surface area contributed by atoms with Gasteiger partial charge >= 0.3 is 0 Å². The van der Waals surface area contributed by atoms with E-state index < -0.39 is 0 Å². The van der Waals surface area contributed by atoms with E-state index in [1.165, 1.54) is 17.5 Å². The molecule has 0 saturated heterocycles. The molecular formula is C14H22N2S. The largest absolute Gasteiger partial charge is 0.360 e. The van der Waals surface area contributed by atoms with Crippen LogP contribution in [0.4, 0.5) is 5.69 Å². The van der Waals surface area contributed by atoms with Crippen LogP contribution in [0, 0.1) is 13.8 Å². The molecule has 17 heavy (non-hydrogen) atoms. The predicted molar refractivity (Wildman–Crippen MR) is 79.6 cm³/mol. The second-order valence-corrected chi connectivity index (χ2v) is 4.94. The van der Waals surface area contributed by atoms with E-state index in [0.717, 1.165) is 12.1 Å². The molecular weight excluding hydrogens is 228 g/mol. The lowest BCUT2D eigenvalue weighted by Gasteiger charge is -2.17. The van der Waals surface area contributed by atoms with Crippen molar-refractivity contribution in [2.45, 2.75) is 46.6 Å². The maximum atomic E-state index is 5.31. The lowest BCUT2D eigenvalue weighted by molar-refractivity contribution is 0.599. The van der Waals surface area contributed by atoms with Crippen molar-refractivity contribution in [3.05, 3.63) is 29.3 Å². The summed E-state index contributed by atoms with van der Waals surface area (Å²) >= 11 is 5.31. The van der Waals surface area contributed by atoms with Crippen molar-refractivity contribution in [3.63, 3.8) is 0 Å². The van der Waals surface area contributed by atoms with E-state index in [1.54, 1.807) is 0 Å². The Bertz CT molecular complexity index is 388. The van der Waals surface area contributed by atoms with Crippen molar-refractivity contribution in [3.8, 4) is 0 Å². The summed E-state index contributed by atoms with van der Waals surface area (Å²) in [6, 6.07) is 6.63. The number of thiocarbonyl (C=S) groups is 1. The lowest BCUT2D eigenvalue weighted by Crippen LogP contribution is -2.35. The quantitative estimate of drug-likeness (QED) is 0.795. The third-order valence-electron chi connectivity index (χ3n) is 2.95. The van der Waals surface area contributed by atoms with Crippen molar-refractivity contribution < 1.29 is 0 Å². The number of benzene rings is 1. The molecule has 0 amide bonds. The molecule has 94 valence electrons. The molecule has 2 N–H and O–H groups in total. The fourth-order valence-corrected chi connectivity index (χ4v) is 2.09. The number of aryl methyl sites for hydroxylation is 1. The molecule has 0 fully saturated rings. The third-order valence-corrected chi connectivity index (χ3v) is 3.17. The molecule has 1 aromatic rings. The van der Waals surface area contributed by atoms with Gasteiger partial charge in [0.1, 0.15) is 0 Å². The summed E-state index contributed by atoms with van der Waals surface area (Å²) in [4.78, 5) is 0. The van der Waals surface area contributed by atoms with Crippen molar-refractivity contribution in [1.29, 1.82) is 0 Å². The van der Waals surface area contributed by atoms with Gasteiger partial charge in [-0.25, -0.2) is 0 Å². The van der Waals surface area contributed by atoms with Crippen LogP contribution in [-0.4, -0.2) is 11.2 Å². The molecule has 0 aliphatic rings. The molecule has 1 rings (SSSR count). The molecule has 1 aromatic carbocycles. The predicted octanol–water partition coefficient (Wildman–Crippen LogP) is 3.78. The van der Waals surface area contributed by atoms with E-state index in [-0.39, 0.29) is 0 Å². The highest BCUT2D eigenvalue weighted by Gasteiger charge is 2.05. The first kappa shape index (κ1) is 14.0. The second-order valence-electron chi connectivity index (χ2n) is 4.54. The Hall–Kier alpha value is -1.09. The van der Waals surface area contributed by atoms with Crippen LogP contribution in [0.5, 0.6) is 0 Å². The molecule has 0 saturated carbocycles. The summed E-state index contributed by atoms with van der Waals surface area (Å²) in [5.74, 6) is 0. The molecule has 1 atom stereocenters. The number of hydrogen-bond donors (Lipinski definition) is 2. The van der Waals surface area contributed by atoms with E-state index in [4.69, 9.17) is 12.2 Å². The molecule has 2 nitrogen and oxygen atoms in total. The Labute approximate surface area is 110 Å². The Kier molecular flexibility index (Phi) is 5.42. The average Bonchev–Trinajstić information content (AvgIpc) is 2.25. The number of anilines is 1. The first-order valence-corrected chi connectivity index (χ1v) is 6.59. The highest BCUT2D eigenvalue weighted by Crippen LogP contribution is 2.17. The fraction of sp³-hybridized carbons (Fsp3) is 0.500. The molecule has 0 spiro atoms. The molecule has 0 bridgehead atoms. The fourth-order valence-electron chi connectivity index (χ4n) is 1.77. The van der Waals surface area contributed by atoms with Gasteiger partial charge in [-0.05, 0) is 56.6 Å². The van der Waals surface area contributed by atoms with Crippen molar-refractivity contribution >= 4 is 23.0 Å². The van der Waals surface area contributed by atoms with Crippen LogP contribution in [0.25, 0.3) is 0 Å². The smallest absolute Gasteiger partial charge is 0.170 e. The van der Waals surface area contributed by atoms with E-state index in [1.807, 2.05) is 6.07 Å². The van der Waals surface area contributed by atoms with Crippen LogP contribution >= 0.6 is 12.2 Å². The molecule has 0 aliphatic heterocycles. The van der Waals surface area contributed by atoms with Gasteiger partial charge < -0.3 is 10.6 Å². The maximum Gasteiger partial charge on any atom is 0.170 e. The van der Waals surface area contributed by atoms with Gasteiger partial charge in [0.25, 0.3) is 0 Å². The summed E-state index contributed by atoms with van der Waals surface area (Å²) in [6.45, 7) is 8.55. The third kappa shape index (κ3) is 4.35. The lowest BCUT2D eigenvalue weighted by atomic mass is 10.1. The number of nitrogens with one attached hydrogen (secondary N) is 2. The Balaban J connectivity index is 2.59. The standard InChI is InChI=1S/C14H22N2S/c1-5-7-11(3)15-14(17)16-13-9-6-8-10(2)12(13)4/h6,8-9,11H,5,7H2,1-4H3,(H2,15,16,17). The average molecular weight is 250 g/mol. The van der Waals surface area contributed by atoms with Crippen LogP contribution in [0.1, 0.15) is 37.8 Å². The van der Waals surface area contributed by atoms with Crippen LogP contribution < -0.4 is 10.6 Å². The molecule has 0 aliphatic carbocycles. The zero-order chi connectivity index (χ0) is 12.8. The molecule has 1 unspecified atom stereocenters. The number of rotatable bonds is 4. The highest BCUT2D eigenvalue weighted by atomic mass is 32.1.